The van der Waals surface area contributed by atoms with E-state index >= 15 is 0 Å². The van der Waals surface area contributed by atoms with Gasteiger partial charge in [-0.1, -0.05) is 11.6 Å². The third-order valence-corrected chi connectivity index (χ3v) is 1.39. The zero-order valence-corrected chi connectivity index (χ0v) is 6.82. The van der Waals surface area contributed by atoms with Crippen molar-refractivity contribution in [2.24, 2.45) is 0 Å². The largest absolute Gasteiger partial charge is 0.396 e. The Kier molecular flexibility index (Phi) is 6.12. The quantitative estimate of drug-likeness (QED) is 0.498. The summed E-state index contributed by atoms with van der Waals surface area (Å²) in [4.78, 5) is 0. The minimum atomic E-state index is -0.662. The molecule has 0 fully saturated rings. The zero-order chi connectivity index (χ0) is 8.69. The number of aliphatic hydroxyl groups excluding tert-OH is 3. The average molecular weight is 160 g/mol. The standard InChI is InChI=1S/C8H16O3/c1-7(3-2-4-9)5-8(11)6-10/h3,8-11H,2,4-6H2,1H3/b7-3-/t8-/m1/s1. The second-order valence-corrected chi connectivity index (χ2v) is 2.60. The van der Waals surface area contributed by atoms with Crippen molar-refractivity contribution in [1.29, 1.82) is 0 Å². The molecule has 0 saturated heterocycles. The maximum atomic E-state index is 8.97. The van der Waals surface area contributed by atoms with Gasteiger partial charge in [0.25, 0.3) is 0 Å². The maximum Gasteiger partial charge on any atom is 0.0807 e. The van der Waals surface area contributed by atoms with Crippen LogP contribution < -0.4 is 0 Å². The van der Waals surface area contributed by atoms with Crippen molar-refractivity contribution in [2.45, 2.75) is 25.9 Å². The van der Waals surface area contributed by atoms with Gasteiger partial charge in [0.1, 0.15) is 0 Å². The lowest BCUT2D eigenvalue weighted by Crippen LogP contribution is -2.11. The molecule has 0 aliphatic rings. The SMILES string of the molecule is C/C(=C/CCO)C[C@@H](O)CO. The van der Waals surface area contributed by atoms with Crippen molar-refractivity contribution < 1.29 is 15.3 Å². The van der Waals surface area contributed by atoms with E-state index in [2.05, 4.69) is 0 Å². The van der Waals surface area contributed by atoms with Gasteiger partial charge < -0.3 is 15.3 Å². The molecule has 3 heteroatoms. The van der Waals surface area contributed by atoms with Gasteiger partial charge in [-0.05, 0) is 19.8 Å². The molecular weight excluding hydrogens is 144 g/mol. The van der Waals surface area contributed by atoms with Crippen LogP contribution in [0.3, 0.4) is 0 Å². The molecule has 0 aromatic carbocycles. The van der Waals surface area contributed by atoms with E-state index in [1.807, 2.05) is 13.0 Å². The topological polar surface area (TPSA) is 60.7 Å². The smallest absolute Gasteiger partial charge is 0.0807 e. The molecule has 0 amide bonds. The molecule has 0 saturated carbocycles. The molecule has 11 heavy (non-hydrogen) atoms. The first-order valence-corrected chi connectivity index (χ1v) is 3.76. The third-order valence-electron chi connectivity index (χ3n) is 1.39. The first-order valence-electron chi connectivity index (χ1n) is 3.76. The van der Waals surface area contributed by atoms with Gasteiger partial charge in [-0.2, -0.15) is 0 Å². The summed E-state index contributed by atoms with van der Waals surface area (Å²) in [5, 5.41) is 25.9. The van der Waals surface area contributed by atoms with Crippen LogP contribution in [0.5, 0.6) is 0 Å². The Labute approximate surface area is 67.0 Å². The van der Waals surface area contributed by atoms with Crippen molar-refractivity contribution in [1.82, 2.24) is 0 Å². The highest BCUT2D eigenvalue weighted by molar-refractivity contribution is 4.99. The lowest BCUT2D eigenvalue weighted by molar-refractivity contribution is 0.0954. The summed E-state index contributed by atoms with van der Waals surface area (Å²) in [6, 6.07) is 0. The van der Waals surface area contributed by atoms with Crippen LogP contribution in [0.4, 0.5) is 0 Å². The third kappa shape index (κ3) is 6.04. The highest BCUT2D eigenvalue weighted by Crippen LogP contribution is 2.04. The lowest BCUT2D eigenvalue weighted by Gasteiger charge is -2.06. The summed E-state index contributed by atoms with van der Waals surface area (Å²) < 4.78 is 0. The van der Waals surface area contributed by atoms with Gasteiger partial charge in [-0.15, -0.1) is 0 Å². The van der Waals surface area contributed by atoms with E-state index in [1.54, 1.807) is 0 Å². The van der Waals surface area contributed by atoms with Crippen LogP contribution in [0.15, 0.2) is 11.6 Å². The molecule has 66 valence electrons. The van der Waals surface area contributed by atoms with E-state index in [-0.39, 0.29) is 13.2 Å². The van der Waals surface area contributed by atoms with Crippen LogP contribution in [0.2, 0.25) is 0 Å². The highest BCUT2D eigenvalue weighted by Gasteiger charge is 2.01. The zero-order valence-electron chi connectivity index (χ0n) is 6.82. The summed E-state index contributed by atoms with van der Waals surface area (Å²) in [6.45, 7) is 1.80. The molecule has 0 heterocycles. The van der Waals surface area contributed by atoms with Gasteiger partial charge in [0.2, 0.25) is 0 Å². The molecule has 0 unspecified atom stereocenters. The van der Waals surface area contributed by atoms with E-state index in [4.69, 9.17) is 15.3 Å². The van der Waals surface area contributed by atoms with Crippen LogP contribution in [0.1, 0.15) is 19.8 Å². The van der Waals surface area contributed by atoms with Crippen LogP contribution in [0.25, 0.3) is 0 Å². The van der Waals surface area contributed by atoms with Crippen molar-refractivity contribution in [3.05, 3.63) is 11.6 Å². The Morgan fingerprint density at radius 2 is 2.09 bits per heavy atom. The Bertz CT molecular complexity index is 121. The monoisotopic (exact) mass is 160 g/mol. The van der Waals surface area contributed by atoms with Crippen molar-refractivity contribution in [3.63, 3.8) is 0 Å². The van der Waals surface area contributed by atoms with Crippen molar-refractivity contribution >= 4 is 0 Å². The second-order valence-electron chi connectivity index (χ2n) is 2.60. The molecule has 0 radical (unpaired) electrons. The summed E-state index contributed by atoms with van der Waals surface area (Å²) in [7, 11) is 0. The molecule has 3 N–H and O–H groups in total. The van der Waals surface area contributed by atoms with Crippen molar-refractivity contribution in [2.75, 3.05) is 13.2 Å². The van der Waals surface area contributed by atoms with Gasteiger partial charge in [-0.3, -0.25) is 0 Å². The number of rotatable bonds is 5. The van der Waals surface area contributed by atoms with E-state index in [0.717, 1.165) is 5.57 Å². The van der Waals surface area contributed by atoms with Crippen LogP contribution in [0, 0.1) is 0 Å². The second kappa shape index (κ2) is 6.34. The Hall–Kier alpha value is -0.380. The molecular formula is C8H16O3. The molecule has 0 rings (SSSR count). The molecule has 0 bridgehead atoms. The number of hydrogen-bond donors (Lipinski definition) is 3. The maximum absolute atomic E-state index is 8.97. The van der Waals surface area contributed by atoms with E-state index < -0.39 is 6.10 Å². The fraction of sp³-hybridized carbons (Fsp3) is 0.750. The predicted octanol–water partition coefficient (Wildman–Crippen LogP) is 0.0584. The minimum absolute atomic E-state index is 0.132. The predicted molar refractivity (Wildman–Crippen MR) is 43.2 cm³/mol. The average Bonchev–Trinajstić information content (AvgIpc) is 2.00. The summed E-state index contributed by atoms with van der Waals surface area (Å²) in [5.74, 6) is 0. The molecule has 1 atom stereocenters. The van der Waals surface area contributed by atoms with Gasteiger partial charge in [0.15, 0.2) is 0 Å². The molecule has 3 nitrogen and oxygen atoms in total. The fourth-order valence-electron chi connectivity index (χ4n) is 0.830. The van der Waals surface area contributed by atoms with Crippen molar-refractivity contribution in [3.8, 4) is 0 Å². The van der Waals surface area contributed by atoms with Gasteiger partial charge >= 0.3 is 0 Å². The van der Waals surface area contributed by atoms with E-state index in [1.165, 1.54) is 0 Å². The molecule has 0 spiro atoms. The van der Waals surface area contributed by atoms with E-state index in [0.29, 0.717) is 12.8 Å². The molecule has 0 aromatic rings. The normalized spacial score (nSPS) is 15.1. The first-order chi connectivity index (χ1) is 5.20. The Morgan fingerprint density at radius 3 is 2.55 bits per heavy atom. The Morgan fingerprint density at radius 1 is 1.45 bits per heavy atom. The first kappa shape index (κ1) is 10.6. The molecule has 0 aliphatic carbocycles. The summed E-state index contributed by atoms with van der Waals surface area (Å²) in [5.41, 5.74) is 1.00. The van der Waals surface area contributed by atoms with Crippen LogP contribution in [-0.4, -0.2) is 34.6 Å². The molecule has 0 aliphatic heterocycles. The lowest BCUT2D eigenvalue weighted by atomic mass is 10.1. The highest BCUT2D eigenvalue weighted by atomic mass is 16.3. The Balaban J connectivity index is 3.57. The van der Waals surface area contributed by atoms with Gasteiger partial charge in [-0.25, -0.2) is 0 Å². The number of hydrogen-bond acceptors (Lipinski definition) is 3. The fourth-order valence-corrected chi connectivity index (χ4v) is 0.830. The van der Waals surface area contributed by atoms with Gasteiger partial charge in [0, 0.05) is 6.61 Å². The molecule has 0 aromatic heterocycles. The summed E-state index contributed by atoms with van der Waals surface area (Å²) >= 11 is 0. The minimum Gasteiger partial charge on any atom is -0.396 e. The van der Waals surface area contributed by atoms with Crippen LogP contribution in [-0.2, 0) is 0 Å². The van der Waals surface area contributed by atoms with Gasteiger partial charge in [0.05, 0.1) is 12.7 Å². The number of aliphatic hydroxyl groups is 3. The van der Waals surface area contributed by atoms with Crippen LogP contribution >= 0.6 is 0 Å². The van der Waals surface area contributed by atoms with E-state index in [9.17, 15) is 0 Å². The summed E-state index contributed by atoms with van der Waals surface area (Å²) in [6.07, 6.45) is 2.30.